The van der Waals surface area contributed by atoms with Crippen molar-refractivity contribution in [3.63, 3.8) is 0 Å². The van der Waals surface area contributed by atoms with Gasteiger partial charge < -0.3 is 15.7 Å². The summed E-state index contributed by atoms with van der Waals surface area (Å²) in [6, 6.07) is 0. The summed E-state index contributed by atoms with van der Waals surface area (Å²) < 4.78 is 0. The molecular weight excluding hydrogens is 472 g/mol. The fourth-order valence-electron chi connectivity index (χ4n) is 2.82. The Hall–Kier alpha value is -0.310. The second-order valence-electron chi connectivity index (χ2n) is 7.24. The van der Waals surface area contributed by atoms with Gasteiger partial charge in [-0.15, -0.1) is 0 Å². The van der Waals surface area contributed by atoms with Crippen molar-refractivity contribution < 1.29 is 25.3 Å². The van der Waals surface area contributed by atoms with E-state index in [1.807, 2.05) is 0 Å². The van der Waals surface area contributed by atoms with Gasteiger partial charge in [0.15, 0.2) is 0 Å². The number of hydrogen-bond donors (Lipinski definition) is 2. The Kier molecular flexibility index (Phi) is 39.4. The summed E-state index contributed by atoms with van der Waals surface area (Å²) in [4.78, 5) is 20.3. The molecule has 0 fully saturated rings. The monoisotopic (exact) mass is 522 g/mol. The summed E-state index contributed by atoms with van der Waals surface area (Å²) >= 11 is 0. The van der Waals surface area contributed by atoms with E-state index in [1.165, 1.54) is 77.0 Å². The quantitative estimate of drug-likeness (QED) is 0.185. The van der Waals surface area contributed by atoms with Gasteiger partial charge in [-0.2, -0.15) is 0 Å². The molecule has 0 radical (unpaired) electrons. The normalized spacial score (nSPS) is 9.50. The van der Waals surface area contributed by atoms with Crippen molar-refractivity contribution in [2.45, 2.75) is 129 Å². The van der Waals surface area contributed by atoms with Gasteiger partial charge in [0.2, 0.25) is 0 Å². The zero-order chi connectivity index (χ0) is 19.9. The van der Waals surface area contributed by atoms with Crippen LogP contribution in [-0.2, 0) is 9.59 Å². The van der Waals surface area contributed by atoms with Gasteiger partial charge in [0.1, 0.15) is 0 Å². The van der Waals surface area contributed by atoms with E-state index in [2.05, 4.69) is 13.8 Å². The maximum atomic E-state index is 10.2. The first kappa shape index (κ1) is 35.1. The number of carbonyl (C=O) groups is 2. The van der Waals surface area contributed by atoms with Gasteiger partial charge in [-0.3, -0.25) is 9.59 Å². The van der Waals surface area contributed by atoms with Crippen molar-refractivity contribution in [2.24, 2.45) is 0 Å². The van der Waals surface area contributed by atoms with Gasteiger partial charge in [-0.05, 0) is 12.8 Å². The molecule has 4 N–H and O–H groups in total. The molecule has 0 aliphatic heterocycles. The number of aliphatic carboxylic acids is 2. The molecule has 6 heteroatoms. The van der Waals surface area contributed by atoms with Crippen LogP contribution in [0.4, 0.5) is 0 Å². The van der Waals surface area contributed by atoms with E-state index < -0.39 is 11.9 Å². The molecule has 0 rings (SSSR count). The number of hydrogen-bond acceptors (Lipinski definition) is 2. The first-order valence-electron chi connectivity index (χ1n) is 11.0. The molecule has 0 aromatic carbocycles. The Morgan fingerprint density at radius 1 is 0.500 bits per heavy atom. The van der Waals surface area contributed by atoms with Crippen LogP contribution >= 0.6 is 0 Å². The molecule has 172 valence electrons. The van der Waals surface area contributed by atoms with Crippen molar-refractivity contribution in [3.05, 3.63) is 0 Å². The topological polar surface area (TPSA) is 106 Å². The molecule has 0 aromatic heterocycles. The van der Waals surface area contributed by atoms with Crippen molar-refractivity contribution in [1.82, 2.24) is 0 Å². The van der Waals surface area contributed by atoms with Crippen LogP contribution in [0, 0.1) is 0 Å². The minimum atomic E-state index is -0.661. The maximum absolute atomic E-state index is 10.2. The third kappa shape index (κ3) is 40.4. The van der Waals surface area contributed by atoms with Crippen LogP contribution in [0.15, 0.2) is 0 Å². The van der Waals surface area contributed by atoms with Crippen LogP contribution in [-0.4, -0.2) is 51.3 Å². The molecule has 28 heavy (non-hydrogen) atoms. The SMILES string of the molecule is CCCCCCCCCCC(=O)O.CCCCCCCCCCC(=O)O.O.[TeH2]. The standard InChI is InChI=1S/2C11H22O2.H2O.H2Te/c2*1-2-3-4-5-6-7-8-9-10-11(12)13;;/h2*2-10H2,1H3,(H,12,13);2*1H2. The van der Waals surface area contributed by atoms with Crippen molar-refractivity contribution in [1.29, 1.82) is 0 Å². The summed E-state index contributed by atoms with van der Waals surface area (Å²) in [5, 5.41) is 16.8. The van der Waals surface area contributed by atoms with Gasteiger partial charge in [0, 0.05) is 12.8 Å². The first-order valence-corrected chi connectivity index (χ1v) is 11.0. The Bertz CT molecular complexity index is 281. The van der Waals surface area contributed by atoms with E-state index >= 15 is 0 Å². The molecule has 0 aromatic rings. The molecule has 0 unspecified atom stereocenters. The van der Waals surface area contributed by atoms with Gasteiger partial charge >= 0.3 is 35.6 Å². The second kappa shape index (κ2) is 31.4. The van der Waals surface area contributed by atoms with Gasteiger partial charge in [-0.25, -0.2) is 0 Å². The summed E-state index contributed by atoms with van der Waals surface area (Å²) in [6.07, 6.45) is 20.1. The van der Waals surface area contributed by atoms with Gasteiger partial charge in [0.25, 0.3) is 0 Å². The van der Waals surface area contributed by atoms with Crippen LogP contribution in [0.2, 0.25) is 0 Å². The summed E-state index contributed by atoms with van der Waals surface area (Å²) in [7, 11) is 0. The van der Waals surface area contributed by atoms with E-state index in [4.69, 9.17) is 10.2 Å². The van der Waals surface area contributed by atoms with Crippen molar-refractivity contribution in [3.8, 4) is 0 Å². The fourth-order valence-corrected chi connectivity index (χ4v) is 2.82. The second-order valence-corrected chi connectivity index (χ2v) is 7.24. The third-order valence-corrected chi connectivity index (χ3v) is 4.49. The van der Waals surface area contributed by atoms with Gasteiger partial charge in [0.05, 0.1) is 0 Å². The number of carboxylic acid groups (broad SMARTS) is 2. The van der Waals surface area contributed by atoms with E-state index in [0.29, 0.717) is 12.8 Å². The number of rotatable bonds is 18. The van der Waals surface area contributed by atoms with E-state index in [9.17, 15) is 9.59 Å². The minimum absolute atomic E-state index is 0. The van der Waals surface area contributed by atoms with Crippen molar-refractivity contribution in [2.75, 3.05) is 0 Å². The van der Waals surface area contributed by atoms with E-state index in [1.54, 1.807) is 0 Å². The third-order valence-electron chi connectivity index (χ3n) is 4.49. The Balaban J connectivity index is -0.000000192. The average molecular weight is 520 g/mol. The van der Waals surface area contributed by atoms with Crippen LogP contribution in [0.25, 0.3) is 0 Å². The van der Waals surface area contributed by atoms with Gasteiger partial charge in [-0.1, -0.05) is 104 Å². The zero-order valence-electron chi connectivity index (χ0n) is 18.4. The molecule has 0 aliphatic carbocycles. The van der Waals surface area contributed by atoms with Crippen molar-refractivity contribution >= 4 is 35.6 Å². The Morgan fingerprint density at radius 3 is 0.929 bits per heavy atom. The average Bonchev–Trinajstić information content (AvgIpc) is 2.60. The molecule has 0 spiro atoms. The summed E-state index contributed by atoms with van der Waals surface area (Å²) in [5.41, 5.74) is 0. The fraction of sp³-hybridized carbons (Fsp3) is 0.909. The molecule has 0 heterocycles. The number of carboxylic acids is 2. The molecule has 0 bridgehead atoms. The predicted molar refractivity (Wildman–Crippen MR) is 122 cm³/mol. The van der Waals surface area contributed by atoms with Crippen LogP contribution in [0.5, 0.6) is 0 Å². The summed E-state index contributed by atoms with van der Waals surface area (Å²) in [5.74, 6) is -1.32. The van der Waals surface area contributed by atoms with E-state index in [-0.39, 0.29) is 29.1 Å². The van der Waals surface area contributed by atoms with E-state index in [0.717, 1.165) is 25.7 Å². The molecule has 0 aliphatic rings. The van der Waals surface area contributed by atoms with Crippen LogP contribution < -0.4 is 0 Å². The first-order chi connectivity index (χ1) is 12.5. The molecule has 0 saturated heterocycles. The Labute approximate surface area is 190 Å². The number of unbranched alkanes of at least 4 members (excludes halogenated alkanes) is 14. The molecule has 0 atom stereocenters. The molecule has 0 amide bonds. The zero-order valence-corrected chi connectivity index (χ0v) is 21.3. The molecular formula is C22H48O5Te. The van der Waals surface area contributed by atoms with Crippen LogP contribution in [0.1, 0.15) is 129 Å². The predicted octanol–water partition coefficient (Wildman–Crippen LogP) is 5.46. The van der Waals surface area contributed by atoms with Crippen LogP contribution in [0.3, 0.4) is 0 Å². The summed E-state index contributed by atoms with van der Waals surface area (Å²) in [6.45, 7) is 4.43. The Morgan fingerprint density at radius 2 is 0.714 bits per heavy atom. The molecule has 5 nitrogen and oxygen atoms in total. The molecule has 0 saturated carbocycles.